The molecule has 6 rings (SSSR count). The molecule has 1 aliphatic rings. The molecule has 5 aromatic rings. The first-order valence-corrected chi connectivity index (χ1v) is 15.1. The first-order valence-electron chi connectivity index (χ1n) is 15.1. The molecule has 0 bridgehead atoms. The third-order valence-electron chi connectivity index (χ3n) is 8.03. The van der Waals surface area contributed by atoms with Crippen LogP contribution in [0.15, 0.2) is 108 Å². The highest BCUT2D eigenvalue weighted by Crippen LogP contribution is 2.27. The lowest BCUT2D eigenvalue weighted by Gasteiger charge is -2.24. The molecule has 0 spiro atoms. The number of nitriles is 1. The Morgan fingerprint density at radius 3 is 2.42 bits per heavy atom. The van der Waals surface area contributed by atoms with Gasteiger partial charge in [-0.1, -0.05) is 30.3 Å². The van der Waals surface area contributed by atoms with Crippen LogP contribution in [0.4, 0.5) is 5.69 Å². The molecule has 2 aromatic heterocycles. The van der Waals surface area contributed by atoms with Crippen LogP contribution in [0.2, 0.25) is 0 Å². The smallest absolute Gasteiger partial charge is 0.287 e. The van der Waals surface area contributed by atoms with Crippen molar-refractivity contribution in [1.29, 1.82) is 5.26 Å². The van der Waals surface area contributed by atoms with E-state index in [1.165, 1.54) is 12.8 Å². The molecule has 9 heteroatoms. The molecule has 0 radical (unpaired) electrons. The molecule has 2 amide bonds. The number of carbonyl (C=O) groups is 2. The molecule has 3 heterocycles. The first-order chi connectivity index (χ1) is 22.1. The van der Waals surface area contributed by atoms with E-state index in [4.69, 9.17) is 9.68 Å². The number of hydrogen-bond acceptors (Lipinski definition) is 6. The number of benzene rings is 3. The maximum absolute atomic E-state index is 13.8. The van der Waals surface area contributed by atoms with Crippen LogP contribution in [-0.2, 0) is 13.1 Å². The number of carbonyl (C=O) groups excluding carboxylic acids is 2. The first kappa shape index (κ1) is 29.6. The summed E-state index contributed by atoms with van der Waals surface area (Å²) in [5.74, 6) is 0.481. The number of likely N-dealkylation sites (tertiary alicyclic amines) is 1. The number of anilines is 1. The molecule has 0 atom stereocenters. The molecule has 45 heavy (non-hydrogen) atoms. The Labute approximate surface area is 262 Å². The predicted molar refractivity (Wildman–Crippen MR) is 172 cm³/mol. The second-order valence-corrected chi connectivity index (χ2v) is 11.1. The lowest BCUT2D eigenvalue weighted by Crippen LogP contribution is -2.33. The molecule has 9 nitrogen and oxygen atoms in total. The number of amides is 2. The Hall–Kier alpha value is -5.46. The molecule has 3 aromatic carbocycles. The van der Waals surface area contributed by atoms with Crippen molar-refractivity contribution < 1.29 is 14.0 Å². The Bertz CT molecular complexity index is 1780. The zero-order chi connectivity index (χ0) is 31.0. The van der Waals surface area contributed by atoms with Crippen LogP contribution in [-0.4, -0.2) is 52.4 Å². The lowest BCUT2D eigenvalue weighted by atomic mass is 10.1. The van der Waals surface area contributed by atoms with Gasteiger partial charge in [-0.2, -0.15) is 5.26 Å². The number of rotatable bonds is 11. The molecule has 1 saturated heterocycles. The van der Waals surface area contributed by atoms with Crippen molar-refractivity contribution in [2.45, 2.75) is 25.9 Å². The van der Waals surface area contributed by atoms with Gasteiger partial charge in [-0.05, 0) is 92.2 Å². The van der Waals surface area contributed by atoms with Gasteiger partial charge >= 0.3 is 0 Å². The van der Waals surface area contributed by atoms with Gasteiger partial charge in [0, 0.05) is 42.6 Å². The van der Waals surface area contributed by atoms with Crippen LogP contribution in [0.1, 0.15) is 50.6 Å². The van der Waals surface area contributed by atoms with Crippen molar-refractivity contribution in [2.24, 2.45) is 0 Å². The number of furan rings is 1. The highest BCUT2D eigenvalue weighted by atomic mass is 16.3. The summed E-state index contributed by atoms with van der Waals surface area (Å²) in [5.41, 5.74) is 4.58. The Morgan fingerprint density at radius 1 is 0.933 bits per heavy atom. The summed E-state index contributed by atoms with van der Waals surface area (Å²) in [6.07, 6.45) is 5.96. The van der Waals surface area contributed by atoms with E-state index in [-0.39, 0.29) is 17.6 Å². The van der Waals surface area contributed by atoms with E-state index < -0.39 is 0 Å². The van der Waals surface area contributed by atoms with Gasteiger partial charge in [0.15, 0.2) is 5.76 Å². The van der Waals surface area contributed by atoms with Crippen LogP contribution >= 0.6 is 0 Å². The highest BCUT2D eigenvalue weighted by molar-refractivity contribution is 6.06. The van der Waals surface area contributed by atoms with Gasteiger partial charge in [-0.3, -0.25) is 9.59 Å². The van der Waals surface area contributed by atoms with Crippen molar-refractivity contribution in [2.75, 3.05) is 31.1 Å². The molecule has 0 unspecified atom stereocenters. The van der Waals surface area contributed by atoms with Crippen molar-refractivity contribution >= 4 is 17.5 Å². The molecule has 0 aliphatic carbocycles. The van der Waals surface area contributed by atoms with Crippen LogP contribution in [0.5, 0.6) is 0 Å². The van der Waals surface area contributed by atoms with E-state index >= 15 is 0 Å². The Kier molecular flexibility index (Phi) is 9.14. The van der Waals surface area contributed by atoms with E-state index in [9.17, 15) is 9.59 Å². The average Bonchev–Trinajstić information content (AvgIpc) is 3.88. The Balaban J connectivity index is 1.18. The van der Waals surface area contributed by atoms with Crippen molar-refractivity contribution in [1.82, 2.24) is 19.8 Å². The fraction of sp³-hybridized carbons (Fsp3) is 0.222. The quantitative estimate of drug-likeness (QED) is 0.208. The summed E-state index contributed by atoms with van der Waals surface area (Å²) in [4.78, 5) is 34.9. The minimum atomic E-state index is -0.227. The van der Waals surface area contributed by atoms with Gasteiger partial charge < -0.3 is 24.1 Å². The molecule has 1 N–H and O–H groups in total. The maximum Gasteiger partial charge on any atom is 0.287 e. The SMILES string of the molecule is N#Cc1ccc(Cn2cncc2CN(C(=O)c2ccccc2)c2ccc(-c3ccc(C(=O)NCCN4CCCC4)o3)cc2)cc1. The Morgan fingerprint density at radius 2 is 1.69 bits per heavy atom. The van der Waals surface area contributed by atoms with Gasteiger partial charge in [0.05, 0.1) is 30.2 Å². The minimum Gasteiger partial charge on any atom is -0.451 e. The molecule has 1 fully saturated rings. The minimum absolute atomic E-state index is 0.139. The third-order valence-corrected chi connectivity index (χ3v) is 8.03. The van der Waals surface area contributed by atoms with Gasteiger partial charge in [0.2, 0.25) is 0 Å². The third kappa shape index (κ3) is 7.20. The molecule has 0 saturated carbocycles. The number of nitrogens with zero attached hydrogens (tertiary/aromatic N) is 5. The van der Waals surface area contributed by atoms with E-state index in [1.807, 2.05) is 59.2 Å². The van der Waals surface area contributed by atoms with Gasteiger partial charge in [-0.15, -0.1) is 0 Å². The lowest BCUT2D eigenvalue weighted by molar-refractivity contribution is 0.0922. The number of imidazole rings is 1. The largest absolute Gasteiger partial charge is 0.451 e. The highest BCUT2D eigenvalue weighted by Gasteiger charge is 2.21. The van der Waals surface area contributed by atoms with Gasteiger partial charge in [0.1, 0.15) is 5.76 Å². The summed E-state index contributed by atoms with van der Waals surface area (Å²) in [5, 5.41) is 12.1. The van der Waals surface area contributed by atoms with E-state index in [0.29, 0.717) is 42.2 Å². The van der Waals surface area contributed by atoms with Crippen molar-refractivity contribution in [3.63, 3.8) is 0 Å². The van der Waals surface area contributed by atoms with Crippen molar-refractivity contribution in [3.05, 3.63) is 132 Å². The van der Waals surface area contributed by atoms with E-state index in [2.05, 4.69) is 21.3 Å². The monoisotopic (exact) mass is 598 g/mol. The van der Waals surface area contributed by atoms with Crippen LogP contribution in [0, 0.1) is 11.3 Å². The normalized spacial score (nSPS) is 13.0. The summed E-state index contributed by atoms with van der Waals surface area (Å²) in [7, 11) is 0. The van der Waals surface area contributed by atoms with Crippen LogP contribution < -0.4 is 10.2 Å². The van der Waals surface area contributed by atoms with Crippen molar-refractivity contribution in [3.8, 4) is 17.4 Å². The average molecular weight is 599 g/mol. The second-order valence-electron chi connectivity index (χ2n) is 11.1. The van der Waals surface area contributed by atoms with Gasteiger partial charge in [0.25, 0.3) is 11.8 Å². The summed E-state index contributed by atoms with van der Waals surface area (Å²) in [6, 6.07) is 29.8. The van der Waals surface area contributed by atoms with Gasteiger partial charge in [-0.25, -0.2) is 4.98 Å². The molecule has 1 aliphatic heterocycles. The molecular weight excluding hydrogens is 564 g/mol. The fourth-order valence-electron chi connectivity index (χ4n) is 5.52. The number of aromatic nitrogens is 2. The fourth-order valence-corrected chi connectivity index (χ4v) is 5.52. The second kappa shape index (κ2) is 13.9. The number of hydrogen-bond donors (Lipinski definition) is 1. The standard InChI is InChI=1S/C36H34N6O3/c37-22-27-8-10-28(11-9-27)24-41-26-38-23-32(41)25-42(36(44)30-6-2-1-3-7-30)31-14-12-29(13-15-31)33-16-17-34(45-33)35(43)39-18-21-40-19-4-5-20-40/h1-3,6-17,23,26H,4-5,18-21,24-25H2,(H,39,43). The summed E-state index contributed by atoms with van der Waals surface area (Å²) < 4.78 is 7.91. The molecular formula is C36H34N6O3. The topological polar surface area (TPSA) is 107 Å². The number of nitrogens with one attached hydrogen (secondary N) is 1. The zero-order valence-electron chi connectivity index (χ0n) is 24.9. The summed E-state index contributed by atoms with van der Waals surface area (Å²) in [6.45, 7) is 4.46. The zero-order valence-corrected chi connectivity index (χ0v) is 24.9. The summed E-state index contributed by atoms with van der Waals surface area (Å²) >= 11 is 0. The van der Waals surface area contributed by atoms with E-state index in [0.717, 1.165) is 36.5 Å². The maximum atomic E-state index is 13.8. The van der Waals surface area contributed by atoms with Crippen LogP contribution in [0.25, 0.3) is 11.3 Å². The predicted octanol–water partition coefficient (Wildman–Crippen LogP) is 5.74. The molecule has 226 valence electrons. The van der Waals surface area contributed by atoms with Crippen LogP contribution in [0.3, 0.4) is 0 Å². The van der Waals surface area contributed by atoms with E-state index in [1.54, 1.807) is 53.8 Å².